The topological polar surface area (TPSA) is 23.6 Å². The van der Waals surface area contributed by atoms with Gasteiger partial charge in [-0.15, -0.1) is 0 Å². The Morgan fingerprint density at radius 2 is 1.88 bits per heavy atom. The first-order valence-electron chi connectivity index (χ1n) is 7.25. The van der Waals surface area contributed by atoms with E-state index in [-0.39, 0.29) is 5.92 Å². The highest BCUT2D eigenvalue weighted by Crippen LogP contribution is 2.30. The third kappa shape index (κ3) is 2.27. The van der Waals surface area contributed by atoms with E-state index >= 15 is 0 Å². The minimum atomic E-state index is 0.269. The predicted molar refractivity (Wildman–Crippen MR) is 68.0 cm³/mol. The van der Waals surface area contributed by atoms with Gasteiger partial charge in [0.05, 0.1) is 0 Å². The van der Waals surface area contributed by atoms with E-state index in [0.717, 1.165) is 31.6 Å². The largest absolute Gasteiger partial charge is 0.300 e. The van der Waals surface area contributed by atoms with Crippen molar-refractivity contribution < 1.29 is 4.79 Å². The third-order valence-electron chi connectivity index (χ3n) is 5.01. The number of carbonyl (C=O) groups is 1. The van der Waals surface area contributed by atoms with Crippen molar-refractivity contribution in [1.82, 2.24) is 9.80 Å². The summed E-state index contributed by atoms with van der Waals surface area (Å²) in [6, 6.07) is 1.60. The number of likely N-dealkylation sites (tertiary alicyclic amines) is 1. The number of piperidine rings is 2. The van der Waals surface area contributed by atoms with Gasteiger partial charge in [0.25, 0.3) is 0 Å². The van der Waals surface area contributed by atoms with Crippen LogP contribution in [-0.2, 0) is 4.79 Å². The molecule has 3 aliphatic rings. The number of hydrogen-bond donors (Lipinski definition) is 0. The van der Waals surface area contributed by atoms with Gasteiger partial charge in [-0.25, -0.2) is 0 Å². The zero-order valence-corrected chi connectivity index (χ0v) is 10.9. The van der Waals surface area contributed by atoms with Gasteiger partial charge in [0.15, 0.2) is 0 Å². The molecule has 0 aromatic rings. The van der Waals surface area contributed by atoms with Crippen LogP contribution in [0.1, 0.15) is 39.0 Å². The Labute approximate surface area is 104 Å². The van der Waals surface area contributed by atoms with Crippen LogP contribution in [0.25, 0.3) is 0 Å². The molecular weight excluding hydrogens is 212 g/mol. The second-order valence-electron chi connectivity index (χ2n) is 6.12. The number of Topliss-reactive ketones (excluding diaryl/α,β-unsaturated/α-hetero) is 1. The van der Waals surface area contributed by atoms with Crippen LogP contribution in [0, 0.1) is 5.92 Å². The highest BCUT2D eigenvalue weighted by molar-refractivity contribution is 5.81. The van der Waals surface area contributed by atoms with E-state index in [1.165, 1.54) is 38.8 Å². The second-order valence-corrected chi connectivity index (χ2v) is 6.12. The summed E-state index contributed by atoms with van der Waals surface area (Å²) in [6.45, 7) is 6.73. The molecule has 3 unspecified atom stereocenters. The van der Waals surface area contributed by atoms with E-state index in [4.69, 9.17) is 0 Å². The first-order chi connectivity index (χ1) is 8.24. The lowest BCUT2D eigenvalue weighted by atomic mass is 9.91. The molecule has 0 saturated carbocycles. The maximum atomic E-state index is 11.6. The predicted octanol–water partition coefficient (Wildman–Crippen LogP) is 1.52. The van der Waals surface area contributed by atoms with Crippen molar-refractivity contribution in [3.63, 3.8) is 0 Å². The van der Waals surface area contributed by atoms with Crippen molar-refractivity contribution in [3.05, 3.63) is 0 Å². The van der Waals surface area contributed by atoms with Crippen LogP contribution in [-0.4, -0.2) is 53.8 Å². The van der Waals surface area contributed by atoms with Gasteiger partial charge in [0, 0.05) is 37.5 Å². The van der Waals surface area contributed by atoms with E-state index in [9.17, 15) is 4.79 Å². The van der Waals surface area contributed by atoms with E-state index in [1.54, 1.807) is 0 Å². The Morgan fingerprint density at radius 3 is 2.71 bits per heavy atom. The van der Waals surface area contributed by atoms with Gasteiger partial charge < -0.3 is 4.90 Å². The molecule has 3 rings (SSSR count). The average Bonchev–Trinajstić information content (AvgIpc) is 2.79. The summed E-state index contributed by atoms with van der Waals surface area (Å²) < 4.78 is 0. The molecule has 0 bridgehead atoms. The molecule has 3 aliphatic heterocycles. The zero-order chi connectivity index (χ0) is 11.8. The normalized spacial score (nSPS) is 40.5. The van der Waals surface area contributed by atoms with Crippen molar-refractivity contribution in [2.75, 3.05) is 26.2 Å². The van der Waals surface area contributed by atoms with Crippen LogP contribution in [0.15, 0.2) is 0 Å². The fourth-order valence-electron chi connectivity index (χ4n) is 3.91. The number of carbonyl (C=O) groups excluding carboxylic acids is 1. The van der Waals surface area contributed by atoms with Crippen LogP contribution >= 0.6 is 0 Å². The fraction of sp³-hybridized carbons (Fsp3) is 0.929. The molecule has 0 amide bonds. The molecule has 17 heavy (non-hydrogen) atoms. The quantitative estimate of drug-likeness (QED) is 0.690. The van der Waals surface area contributed by atoms with Gasteiger partial charge in [-0.05, 0) is 38.8 Å². The molecule has 0 spiro atoms. The van der Waals surface area contributed by atoms with Crippen molar-refractivity contribution in [1.29, 1.82) is 0 Å². The molecule has 0 aromatic carbocycles. The Balaban J connectivity index is 1.59. The SMILES string of the molecule is CC1CN(C2CCN3CCCC3C2)CCC1=O. The molecule has 3 fully saturated rings. The van der Waals surface area contributed by atoms with Crippen molar-refractivity contribution in [3.8, 4) is 0 Å². The molecule has 96 valence electrons. The molecule has 3 heteroatoms. The average molecular weight is 236 g/mol. The van der Waals surface area contributed by atoms with Gasteiger partial charge in [-0.2, -0.15) is 0 Å². The molecule has 3 nitrogen and oxygen atoms in total. The lowest BCUT2D eigenvalue weighted by Crippen LogP contribution is -2.51. The van der Waals surface area contributed by atoms with E-state index in [0.29, 0.717) is 5.78 Å². The molecule has 3 saturated heterocycles. The van der Waals surface area contributed by atoms with E-state index in [1.807, 2.05) is 0 Å². The Bertz CT molecular complexity index is 305. The highest BCUT2D eigenvalue weighted by atomic mass is 16.1. The minimum Gasteiger partial charge on any atom is -0.300 e. The van der Waals surface area contributed by atoms with Crippen LogP contribution in [0.5, 0.6) is 0 Å². The Hall–Kier alpha value is -0.410. The van der Waals surface area contributed by atoms with Crippen LogP contribution < -0.4 is 0 Å². The summed E-state index contributed by atoms with van der Waals surface area (Å²) in [5, 5.41) is 0. The van der Waals surface area contributed by atoms with Gasteiger partial charge >= 0.3 is 0 Å². The first-order valence-corrected chi connectivity index (χ1v) is 7.25. The smallest absolute Gasteiger partial charge is 0.138 e. The number of fused-ring (bicyclic) bond motifs is 1. The van der Waals surface area contributed by atoms with Crippen LogP contribution in [0.4, 0.5) is 0 Å². The maximum absolute atomic E-state index is 11.6. The summed E-state index contributed by atoms with van der Waals surface area (Å²) in [5.41, 5.74) is 0. The van der Waals surface area contributed by atoms with E-state index < -0.39 is 0 Å². The Morgan fingerprint density at radius 1 is 1.06 bits per heavy atom. The van der Waals surface area contributed by atoms with E-state index in [2.05, 4.69) is 16.7 Å². The Kier molecular flexibility index (Phi) is 3.22. The van der Waals surface area contributed by atoms with Crippen molar-refractivity contribution in [2.24, 2.45) is 5.92 Å². The molecule has 3 atom stereocenters. The summed E-state index contributed by atoms with van der Waals surface area (Å²) in [6.07, 6.45) is 6.25. The van der Waals surface area contributed by atoms with Crippen LogP contribution in [0.3, 0.4) is 0 Å². The maximum Gasteiger partial charge on any atom is 0.138 e. The zero-order valence-electron chi connectivity index (χ0n) is 10.9. The fourth-order valence-corrected chi connectivity index (χ4v) is 3.91. The highest BCUT2D eigenvalue weighted by Gasteiger charge is 2.36. The third-order valence-corrected chi connectivity index (χ3v) is 5.01. The summed E-state index contributed by atoms with van der Waals surface area (Å²) in [4.78, 5) is 16.8. The standard InChI is InChI=1S/C14H24N2O/c1-11-10-16(8-5-14(11)17)13-4-7-15-6-2-3-12(15)9-13/h11-13H,2-10H2,1H3. The molecular formula is C14H24N2O. The molecule has 0 aromatic heterocycles. The van der Waals surface area contributed by atoms with Crippen molar-refractivity contribution in [2.45, 2.75) is 51.1 Å². The summed E-state index contributed by atoms with van der Waals surface area (Å²) in [7, 11) is 0. The number of rotatable bonds is 1. The second kappa shape index (κ2) is 4.69. The van der Waals surface area contributed by atoms with Gasteiger partial charge in [0.2, 0.25) is 0 Å². The van der Waals surface area contributed by atoms with Gasteiger partial charge in [-0.1, -0.05) is 6.92 Å². The summed E-state index contributed by atoms with van der Waals surface area (Å²) >= 11 is 0. The molecule has 0 N–H and O–H groups in total. The lowest BCUT2D eigenvalue weighted by molar-refractivity contribution is -0.126. The molecule has 0 radical (unpaired) electrons. The monoisotopic (exact) mass is 236 g/mol. The van der Waals surface area contributed by atoms with Gasteiger partial charge in [0.1, 0.15) is 5.78 Å². The number of nitrogens with zero attached hydrogens (tertiary/aromatic N) is 2. The lowest BCUT2D eigenvalue weighted by Gasteiger charge is -2.43. The number of ketones is 1. The minimum absolute atomic E-state index is 0.269. The van der Waals surface area contributed by atoms with Crippen LogP contribution in [0.2, 0.25) is 0 Å². The van der Waals surface area contributed by atoms with Gasteiger partial charge in [-0.3, -0.25) is 9.69 Å². The van der Waals surface area contributed by atoms with Crippen molar-refractivity contribution >= 4 is 5.78 Å². The molecule has 3 heterocycles. The number of hydrogen-bond acceptors (Lipinski definition) is 3. The molecule has 0 aliphatic carbocycles. The first kappa shape index (κ1) is 11.7. The summed E-state index contributed by atoms with van der Waals surface area (Å²) in [5.74, 6) is 0.741.